The van der Waals surface area contributed by atoms with Gasteiger partial charge in [-0.25, -0.2) is 0 Å². The maximum Gasteiger partial charge on any atom is 0.292 e. The van der Waals surface area contributed by atoms with Crippen molar-refractivity contribution in [3.05, 3.63) is 55.6 Å². The van der Waals surface area contributed by atoms with Crippen molar-refractivity contribution in [3.63, 3.8) is 0 Å². The van der Waals surface area contributed by atoms with Crippen LogP contribution in [0, 0.1) is 13.7 Å². The summed E-state index contributed by atoms with van der Waals surface area (Å²) in [5, 5.41) is 11.3. The number of benzene rings is 2. The van der Waals surface area contributed by atoms with E-state index in [2.05, 4.69) is 22.6 Å². The predicted octanol–water partition coefficient (Wildman–Crippen LogP) is 3.18. The van der Waals surface area contributed by atoms with Gasteiger partial charge in [0.25, 0.3) is 11.6 Å². The summed E-state index contributed by atoms with van der Waals surface area (Å²) < 4.78 is 11.4. The number of hydrogen-bond donors (Lipinski definition) is 0. The Morgan fingerprint density at radius 3 is 2.29 bits per heavy atom. The number of carbonyl (C=O) groups is 1. The molecule has 0 radical (unpaired) electrons. The first kappa shape index (κ1) is 20.2. The molecule has 2 aromatic carbocycles. The van der Waals surface area contributed by atoms with Crippen LogP contribution in [0.15, 0.2) is 36.4 Å². The second kappa shape index (κ2) is 8.63. The summed E-state index contributed by atoms with van der Waals surface area (Å²) in [6, 6.07) is 10.1. The molecule has 2 aromatic rings. The molecule has 1 fully saturated rings. The van der Waals surface area contributed by atoms with Crippen LogP contribution in [-0.4, -0.2) is 56.1 Å². The van der Waals surface area contributed by atoms with E-state index < -0.39 is 0 Å². The van der Waals surface area contributed by atoms with Crippen molar-refractivity contribution in [3.8, 4) is 11.5 Å². The van der Waals surface area contributed by atoms with Crippen LogP contribution in [0.3, 0.4) is 0 Å². The lowest BCUT2D eigenvalue weighted by atomic mass is 10.1. The minimum atomic E-state index is -0.376. The normalized spacial score (nSPS) is 14.0. The fraction of sp³-hybridized carbons (Fsp3) is 0.316. The number of nitro benzene ring substituents is 1. The molecule has 0 aliphatic carbocycles. The number of rotatable bonds is 5. The average molecular weight is 497 g/mol. The Bertz CT molecular complexity index is 897. The first-order chi connectivity index (χ1) is 13.5. The second-order valence-corrected chi connectivity index (χ2v) is 7.37. The molecule has 0 aromatic heterocycles. The molecule has 0 N–H and O–H groups in total. The molecule has 1 aliphatic heterocycles. The zero-order chi connectivity index (χ0) is 20.3. The lowest BCUT2D eigenvalue weighted by Crippen LogP contribution is -2.49. The van der Waals surface area contributed by atoms with Crippen molar-refractivity contribution < 1.29 is 19.2 Å². The van der Waals surface area contributed by atoms with E-state index >= 15 is 0 Å². The zero-order valence-electron chi connectivity index (χ0n) is 15.6. The minimum absolute atomic E-state index is 0.0803. The Morgan fingerprint density at radius 1 is 1.07 bits per heavy atom. The highest BCUT2D eigenvalue weighted by Gasteiger charge is 2.27. The topological polar surface area (TPSA) is 85.2 Å². The van der Waals surface area contributed by atoms with E-state index in [4.69, 9.17) is 9.47 Å². The number of amides is 1. The Morgan fingerprint density at radius 2 is 1.68 bits per heavy atom. The van der Waals surface area contributed by atoms with Gasteiger partial charge in [0.1, 0.15) is 5.69 Å². The van der Waals surface area contributed by atoms with Crippen LogP contribution >= 0.6 is 22.6 Å². The Labute approximate surface area is 176 Å². The van der Waals surface area contributed by atoms with Gasteiger partial charge in [0.05, 0.1) is 24.7 Å². The fourth-order valence-corrected chi connectivity index (χ4v) is 3.89. The van der Waals surface area contributed by atoms with Crippen LogP contribution in [0.25, 0.3) is 0 Å². The summed E-state index contributed by atoms with van der Waals surface area (Å²) in [5.74, 6) is 0.988. The number of piperazine rings is 1. The summed E-state index contributed by atoms with van der Waals surface area (Å²) >= 11 is 2.11. The highest BCUT2D eigenvalue weighted by molar-refractivity contribution is 14.1. The Hall–Kier alpha value is -2.56. The van der Waals surface area contributed by atoms with E-state index in [1.165, 1.54) is 13.2 Å². The number of halogens is 1. The molecular weight excluding hydrogens is 477 g/mol. The molecule has 0 spiro atoms. The SMILES string of the molecule is COc1cc(I)c(C(=O)N2CCN(c3ccccc3[N+](=O)[O-])CC2)cc1OC. The van der Waals surface area contributed by atoms with Crippen LogP contribution < -0.4 is 14.4 Å². The summed E-state index contributed by atoms with van der Waals surface area (Å²) in [6.07, 6.45) is 0. The Balaban J connectivity index is 1.75. The van der Waals surface area contributed by atoms with Crippen molar-refractivity contribution in [2.24, 2.45) is 0 Å². The molecule has 1 aliphatic rings. The summed E-state index contributed by atoms with van der Waals surface area (Å²) in [6.45, 7) is 2.02. The molecule has 28 heavy (non-hydrogen) atoms. The highest BCUT2D eigenvalue weighted by atomic mass is 127. The minimum Gasteiger partial charge on any atom is -0.493 e. The van der Waals surface area contributed by atoms with E-state index in [9.17, 15) is 14.9 Å². The number of anilines is 1. The molecule has 1 heterocycles. The molecule has 1 saturated heterocycles. The number of nitrogens with zero attached hydrogens (tertiary/aromatic N) is 3. The van der Waals surface area contributed by atoms with Crippen molar-refractivity contribution in [2.75, 3.05) is 45.3 Å². The van der Waals surface area contributed by atoms with Crippen molar-refractivity contribution in [2.45, 2.75) is 0 Å². The average Bonchev–Trinajstić information content (AvgIpc) is 2.73. The molecule has 0 saturated carbocycles. The fourth-order valence-electron chi connectivity index (χ4n) is 3.22. The molecular formula is C19H20IN3O5. The number of methoxy groups -OCH3 is 2. The third-order valence-electron chi connectivity index (χ3n) is 4.69. The third-order valence-corrected chi connectivity index (χ3v) is 5.58. The maximum absolute atomic E-state index is 13.0. The standard InChI is InChI=1S/C19H20IN3O5/c1-27-17-11-13(14(20)12-18(17)28-2)19(24)22-9-7-21(8-10-22)15-5-3-4-6-16(15)23(25)26/h3-6,11-12H,7-10H2,1-2H3. The molecule has 148 valence electrons. The van der Waals surface area contributed by atoms with E-state index in [1.807, 2.05) is 4.90 Å². The van der Waals surface area contributed by atoms with Crippen molar-refractivity contribution in [1.29, 1.82) is 0 Å². The molecule has 0 unspecified atom stereocenters. The van der Waals surface area contributed by atoms with Gasteiger partial charge >= 0.3 is 0 Å². The van der Waals surface area contributed by atoms with Gasteiger partial charge in [0.2, 0.25) is 0 Å². The summed E-state index contributed by atoms with van der Waals surface area (Å²) in [7, 11) is 3.09. The number of carbonyl (C=O) groups excluding carboxylic acids is 1. The van der Waals surface area contributed by atoms with Gasteiger partial charge in [-0.15, -0.1) is 0 Å². The molecule has 0 bridgehead atoms. The summed E-state index contributed by atoms with van der Waals surface area (Å²) in [4.78, 5) is 27.6. The van der Waals surface area contributed by atoms with Gasteiger partial charge in [0.15, 0.2) is 11.5 Å². The van der Waals surface area contributed by atoms with E-state index in [0.717, 1.165) is 3.57 Å². The highest BCUT2D eigenvalue weighted by Crippen LogP contribution is 2.33. The molecule has 9 heteroatoms. The number of ether oxygens (including phenoxy) is 2. The molecule has 3 rings (SSSR count). The van der Waals surface area contributed by atoms with Gasteiger partial charge in [-0.2, -0.15) is 0 Å². The molecule has 0 atom stereocenters. The van der Waals surface area contributed by atoms with Crippen LogP contribution in [0.4, 0.5) is 11.4 Å². The van der Waals surface area contributed by atoms with Gasteiger partial charge in [0, 0.05) is 35.8 Å². The maximum atomic E-state index is 13.0. The van der Waals surface area contributed by atoms with Crippen LogP contribution in [0.1, 0.15) is 10.4 Å². The van der Waals surface area contributed by atoms with Gasteiger partial charge in [-0.05, 0) is 40.8 Å². The van der Waals surface area contributed by atoms with Gasteiger partial charge < -0.3 is 19.3 Å². The zero-order valence-corrected chi connectivity index (χ0v) is 17.7. The van der Waals surface area contributed by atoms with Crippen LogP contribution in [0.5, 0.6) is 11.5 Å². The second-order valence-electron chi connectivity index (χ2n) is 6.21. The lowest BCUT2D eigenvalue weighted by Gasteiger charge is -2.36. The number of hydrogen-bond acceptors (Lipinski definition) is 6. The number of nitro groups is 1. The molecule has 1 amide bonds. The predicted molar refractivity (Wildman–Crippen MR) is 113 cm³/mol. The first-order valence-electron chi connectivity index (χ1n) is 8.65. The van der Waals surface area contributed by atoms with E-state index in [-0.39, 0.29) is 16.5 Å². The van der Waals surface area contributed by atoms with Gasteiger partial charge in [-0.3, -0.25) is 14.9 Å². The van der Waals surface area contributed by atoms with E-state index in [0.29, 0.717) is 48.9 Å². The quantitative estimate of drug-likeness (QED) is 0.359. The first-order valence-corrected chi connectivity index (χ1v) is 9.73. The van der Waals surface area contributed by atoms with Crippen molar-refractivity contribution >= 4 is 39.9 Å². The number of para-hydroxylation sites is 2. The van der Waals surface area contributed by atoms with Gasteiger partial charge in [-0.1, -0.05) is 12.1 Å². The van der Waals surface area contributed by atoms with E-state index in [1.54, 1.807) is 42.3 Å². The Kier molecular flexibility index (Phi) is 6.22. The third kappa shape index (κ3) is 3.98. The van der Waals surface area contributed by atoms with Crippen LogP contribution in [-0.2, 0) is 0 Å². The summed E-state index contributed by atoms with van der Waals surface area (Å²) in [5.41, 5.74) is 1.22. The molecule has 8 nitrogen and oxygen atoms in total. The lowest BCUT2D eigenvalue weighted by molar-refractivity contribution is -0.384. The monoisotopic (exact) mass is 497 g/mol. The largest absolute Gasteiger partial charge is 0.493 e. The van der Waals surface area contributed by atoms with Crippen molar-refractivity contribution in [1.82, 2.24) is 4.90 Å². The smallest absolute Gasteiger partial charge is 0.292 e. The van der Waals surface area contributed by atoms with Crippen LogP contribution in [0.2, 0.25) is 0 Å².